The van der Waals surface area contributed by atoms with Gasteiger partial charge in [-0.15, -0.1) is 0 Å². The van der Waals surface area contributed by atoms with Gasteiger partial charge in [-0.2, -0.15) is 0 Å². The van der Waals surface area contributed by atoms with Crippen molar-refractivity contribution >= 4 is 27.5 Å². The second-order valence-electron chi connectivity index (χ2n) is 4.31. The van der Waals surface area contributed by atoms with Crippen LogP contribution in [-0.2, 0) is 6.42 Å². The molecule has 0 aliphatic rings. The number of hydrogen-bond donors (Lipinski definition) is 1. The Labute approximate surface area is 127 Å². The van der Waals surface area contributed by atoms with Crippen molar-refractivity contribution in [3.63, 3.8) is 0 Å². The maximum atomic E-state index is 13.7. The third-order valence-electron chi connectivity index (χ3n) is 2.92. The first-order chi connectivity index (χ1) is 9.40. The third-order valence-corrected chi connectivity index (χ3v) is 3.96. The molecule has 2 aromatic carbocycles. The molecule has 20 heavy (non-hydrogen) atoms. The summed E-state index contributed by atoms with van der Waals surface area (Å²) in [5, 5.41) is 0.286. The van der Waals surface area contributed by atoms with Crippen LogP contribution in [-0.4, -0.2) is 0 Å². The van der Waals surface area contributed by atoms with Gasteiger partial charge in [-0.05, 0) is 51.7 Å². The lowest BCUT2D eigenvalue weighted by Crippen LogP contribution is -2.15. The van der Waals surface area contributed by atoms with Crippen molar-refractivity contribution in [1.29, 1.82) is 0 Å². The van der Waals surface area contributed by atoms with E-state index >= 15 is 0 Å². The van der Waals surface area contributed by atoms with E-state index in [9.17, 15) is 13.2 Å². The average molecular weight is 365 g/mol. The number of rotatable bonds is 3. The fraction of sp³-hybridized carbons (Fsp3) is 0.143. The van der Waals surface area contributed by atoms with Gasteiger partial charge in [-0.25, -0.2) is 13.2 Å². The molecule has 1 nitrogen and oxygen atoms in total. The third kappa shape index (κ3) is 3.16. The zero-order valence-electron chi connectivity index (χ0n) is 10.1. The van der Waals surface area contributed by atoms with Gasteiger partial charge in [0.05, 0.1) is 4.47 Å². The fourth-order valence-corrected chi connectivity index (χ4v) is 2.64. The van der Waals surface area contributed by atoms with Crippen LogP contribution in [0.15, 0.2) is 34.8 Å². The largest absolute Gasteiger partial charge is 0.324 e. The van der Waals surface area contributed by atoms with E-state index in [4.69, 9.17) is 17.3 Å². The Morgan fingerprint density at radius 1 is 1.10 bits per heavy atom. The topological polar surface area (TPSA) is 26.0 Å². The molecule has 0 radical (unpaired) electrons. The summed E-state index contributed by atoms with van der Waals surface area (Å²) in [7, 11) is 0. The van der Waals surface area contributed by atoms with Gasteiger partial charge < -0.3 is 5.73 Å². The molecule has 0 heterocycles. The standard InChI is InChI=1S/C14H10BrClF3N/c15-13-9(3-4-10(17)14(13)19)12(20)5-7-1-2-8(16)6-11(7)18/h1-4,6,12H,5,20H2. The SMILES string of the molecule is NC(Cc1ccc(Cl)cc1F)c1ccc(F)c(F)c1Br. The van der Waals surface area contributed by atoms with Crippen molar-refractivity contribution in [2.45, 2.75) is 12.5 Å². The first-order valence-electron chi connectivity index (χ1n) is 5.73. The second-order valence-corrected chi connectivity index (χ2v) is 5.54. The van der Waals surface area contributed by atoms with Gasteiger partial charge in [0, 0.05) is 11.1 Å². The Kier molecular flexibility index (Phi) is 4.73. The maximum absolute atomic E-state index is 13.7. The molecule has 0 amide bonds. The minimum atomic E-state index is -1.01. The molecule has 0 spiro atoms. The monoisotopic (exact) mass is 363 g/mol. The van der Waals surface area contributed by atoms with Crippen LogP contribution in [0.3, 0.4) is 0 Å². The molecule has 0 saturated heterocycles. The summed E-state index contributed by atoms with van der Waals surface area (Å²) in [6, 6.07) is 5.95. The summed E-state index contributed by atoms with van der Waals surface area (Å²) in [5.41, 5.74) is 6.67. The van der Waals surface area contributed by atoms with Crippen LogP contribution in [0.25, 0.3) is 0 Å². The average Bonchev–Trinajstić information content (AvgIpc) is 2.39. The summed E-state index contributed by atoms with van der Waals surface area (Å²) >= 11 is 8.63. The van der Waals surface area contributed by atoms with Crippen LogP contribution >= 0.6 is 27.5 Å². The van der Waals surface area contributed by atoms with E-state index in [1.807, 2.05) is 0 Å². The highest BCUT2D eigenvalue weighted by atomic mass is 79.9. The minimum Gasteiger partial charge on any atom is -0.324 e. The Morgan fingerprint density at radius 3 is 2.45 bits per heavy atom. The van der Waals surface area contributed by atoms with E-state index in [2.05, 4.69) is 15.9 Å². The quantitative estimate of drug-likeness (QED) is 0.781. The Hall–Kier alpha value is -1.04. The first-order valence-corrected chi connectivity index (χ1v) is 6.90. The smallest absolute Gasteiger partial charge is 0.173 e. The molecule has 0 aromatic heterocycles. The Morgan fingerprint density at radius 2 is 1.80 bits per heavy atom. The molecule has 2 aromatic rings. The molecule has 1 atom stereocenters. The number of nitrogens with two attached hydrogens (primary N) is 1. The molecule has 0 saturated carbocycles. The van der Waals surface area contributed by atoms with Crippen molar-refractivity contribution in [2.24, 2.45) is 5.73 Å². The summed E-state index contributed by atoms with van der Waals surface area (Å²) in [5.74, 6) is -2.45. The molecule has 0 bridgehead atoms. The van der Waals surface area contributed by atoms with E-state index in [-0.39, 0.29) is 15.9 Å². The highest BCUT2D eigenvalue weighted by Gasteiger charge is 2.17. The highest BCUT2D eigenvalue weighted by molar-refractivity contribution is 9.10. The van der Waals surface area contributed by atoms with Crippen molar-refractivity contribution in [3.8, 4) is 0 Å². The Balaban J connectivity index is 2.28. The Bertz CT molecular complexity index is 649. The van der Waals surface area contributed by atoms with Crippen molar-refractivity contribution in [3.05, 3.63) is 68.4 Å². The van der Waals surface area contributed by atoms with Gasteiger partial charge in [0.2, 0.25) is 0 Å². The molecule has 2 rings (SSSR count). The molecule has 0 aliphatic heterocycles. The molecule has 6 heteroatoms. The second kappa shape index (κ2) is 6.16. The van der Waals surface area contributed by atoms with E-state index < -0.39 is 23.5 Å². The number of hydrogen-bond acceptors (Lipinski definition) is 1. The number of benzene rings is 2. The summed E-state index contributed by atoms with van der Waals surface area (Å²) in [6.45, 7) is 0. The molecule has 1 unspecified atom stereocenters. The van der Waals surface area contributed by atoms with E-state index in [0.717, 1.165) is 6.07 Å². The lowest BCUT2D eigenvalue weighted by atomic mass is 9.99. The van der Waals surface area contributed by atoms with Gasteiger partial charge >= 0.3 is 0 Å². The van der Waals surface area contributed by atoms with Crippen molar-refractivity contribution < 1.29 is 13.2 Å². The zero-order chi connectivity index (χ0) is 14.9. The number of halogens is 5. The molecular weight excluding hydrogens is 355 g/mol. The van der Waals surface area contributed by atoms with Gasteiger partial charge in [0.15, 0.2) is 11.6 Å². The zero-order valence-corrected chi connectivity index (χ0v) is 12.5. The molecule has 106 valence electrons. The highest BCUT2D eigenvalue weighted by Crippen LogP contribution is 2.29. The predicted octanol–water partition coefficient (Wildman–Crippen LogP) is 4.76. The summed E-state index contributed by atoms with van der Waals surface area (Å²) < 4.78 is 40.1. The van der Waals surface area contributed by atoms with E-state index in [1.165, 1.54) is 18.2 Å². The van der Waals surface area contributed by atoms with Gasteiger partial charge in [-0.3, -0.25) is 0 Å². The van der Waals surface area contributed by atoms with Crippen LogP contribution in [0.1, 0.15) is 17.2 Å². The summed E-state index contributed by atoms with van der Waals surface area (Å²) in [6.07, 6.45) is 0.146. The van der Waals surface area contributed by atoms with Crippen molar-refractivity contribution in [1.82, 2.24) is 0 Å². The first kappa shape index (κ1) is 15.4. The maximum Gasteiger partial charge on any atom is 0.173 e. The van der Waals surface area contributed by atoms with E-state index in [1.54, 1.807) is 6.07 Å². The van der Waals surface area contributed by atoms with E-state index in [0.29, 0.717) is 11.1 Å². The lowest BCUT2D eigenvalue weighted by Gasteiger charge is -2.15. The fourth-order valence-electron chi connectivity index (χ4n) is 1.86. The molecule has 0 fully saturated rings. The van der Waals surface area contributed by atoms with Crippen LogP contribution in [0.4, 0.5) is 13.2 Å². The van der Waals surface area contributed by atoms with Crippen LogP contribution in [0.5, 0.6) is 0 Å². The molecule has 0 aliphatic carbocycles. The minimum absolute atomic E-state index is 0.0422. The van der Waals surface area contributed by atoms with Gasteiger partial charge in [0.25, 0.3) is 0 Å². The lowest BCUT2D eigenvalue weighted by molar-refractivity contribution is 0.499. The van der Waals surface area contributed by atoms with Gasteiger partial charge in [-0.1, -0.05) is 23.7 Å². The normalized spacial score (nSPS) is 12.5. The molecular formula is C14H10BrClF3N. The predicted molar refractivity (Wildman–Crippen MR) is 76.1 cm³/mol. The van der Waals surface area contributed by atoms with Gasteiger partial charge in [0.1, 0.15) is 5.82 Å². The van der Waals surface area contributed by atoms with Crippen LogP contribution in [0, 0.1) is 17.5 Å². The van der Waals surface area contributed by atoms with Crippen LogP contribution < -0.4 is 5.73 Å². The molecule has 2 N–H and O–H groups in total. The van der Waals surface area contributed by atoms with Crippen molar-refractivity contribution in [2.75, 3.05) is 0 Å². The van der Waals surface area contributed by atoms with Crippen LogP contribution in [0.2, 0.25) is 5.02 Å². The summed E-state index contributed by atoms with van der Waals surface area (Å²) in [4.78, 5) is 0.